The van der Waals surface area contributed by atoms with Crippen LogP contribution in [0.15, 0.2) is 18.2 Å². The van der Waals surface area contributed by atoms with Gasteiger partial charge in [0.25, 0.3) is 0 Å². The average Bonchev–Trinajstić information content (AvgIpc) is 2.34. The highest BCUT2D eigenvalue weighted by molar-refractivity contribution is 6.32. The van der Waals surface area contributed by atoms with E-state index in [1.54, 1.807) is 19.2 Å². The lowest BCUT2D eigenvalue weighted by Crippen LogP contribution is -2.22. The Bertz CT molecular complexity index is 441. The van der Waals surface area contributed by atoms with Crippen LogP contribution in [-0.2, 0) is 11.3 Å². The van der Waals surface area contributed by atoms with E-state index >= 15 is 0 Å². The van der Waals surface area contributed by atoms with Crippen LogP contribution in [0.5, 0.6) is 5.75 Å². The molecule has 0 aliphatic rings. The molecule has 0 fully saturated rings. The standard InChI is InChI=1S/C12H13ClN2O2/c1-17-11-5-4-9(7-10(11)13)8-15-12(16)3-2-6-14/h4-5,7H,2-3,8H2,1H3,(H,15,16). The van der Waals surface area contributed by atoms with Crippen LogP contribution in [0.1, 0.15) is 18.4 Å². The van der Waals surface area contributed by atoms with Crippen molar-refractivity contribution in [2.24, 2.45) is 0 Å². The zero-order valence-electron chi connectivity index (χ0n) is 9.50. The van der Waals surface area contributed by atoms with Crippen molar-refractivity contribution in [1.29, 1.82) is 5.26 Å². The largest absolute Gasteiger partial charge is 0.495 e. The van der Waals surface area contributed by atoms with Gasteiger partial charge >= 0.3 is 0 Å². The van der Waals surface area contributed by atoms with Crippen molar-refractivity contribution in [3.8, 4) is 11.8 Å². The highest BCUT2D eigenvalue weighted by Gasteiger charge is 2.04. The Kier molecular flexibility index (Phi) is 5.31. The Morgan fingerprint density at radius 1 is 1.59 bits per heavy atom. The first-order valence-corrected chi connectivity index (χ1v) is 5.51. The fraction of sp³-hybridized carbons (Fsp3) is 0.333. The summed E-state index contributed by atoms with van der Waals surface area (Å²) < 4.78 is 5.02. The number of benzene rings is 1. The fourth-order valence-electron chi connectivity index (χ4n) is 1.28. The maximum Gasteiger partial charge on any atom is 0.221 e. The smallest absolute Gasteiger partial charge is 0.221 e. The van der Waals surface area contributed by atoms with Crippen molar-refractivity contribution in [2.45, 2.75) is 19.4 Å². The highest BCUT2D eigenvalue weighted by Crippen LogP contribution is 2.24. The summed E-state index contributed by atoms with van der Waals surface area (Å²) in [5, 5.41) is 11.6. The van der Waals surface area contributed by atoms with E-state index < -0.39 is 0 Å². The second kappa shape index (κ2) is 6.77. The topological polar surface area (TPSA) is 62.1 Å². The van der Waals surface area contributed by atoms with Crippen molar-refractivity contribution < 1.29 is 9.53 Å². The summed E-state index contributed by atoms with van der Waals surface area (Å²) in [6.07, 6.45) is 0.454. The summed E-state index contributed by atoms with van der Waals surface area (Å²) >= 11 is 5.95. The zero-order valence-corrected chi connectivity index (χ0v) is 10.3. The van der Waals surface area contributed by atoms with Crippen molar-refractivity contribution in [2.75, 3.05) is 7.11 Å². The predicted molar refractivity (Wildman–Crippen MR) is 64.7 cm³/mol. The molecule has 0 spiro atoms. The lowest BCUT2D eigenvalue weighted by atomic mass is 10.2. The number of nitriles is 1. The summed E-state index contributed by atoms with van der Waals surface area (Å²) in [5.74, 6) is 0.463. The molecule has 0 aliphatic carbocycles. The number of methoxy groups -OCH3 is 1. The van der Waals surface area contributed by atoms with Gasteiger partial charge in [-0.15, -0.1) is 0 Å². The van der Waals surface area contributed by atoms with E-state index in [9.17, 15) is 4.79 Å². The number of hydrogen-bond donors (Lipinski definition) is 1. The molecule has 0 aliphatic heterocycles. The Hall–Kier alpha value is -1.73. The third-order valence-corrected chi connectivity index (χ3v) is 2.47. The van der Waals surface area contributed by atoms with E-state index in [1.165, 1.54) is 0 Å². The molecule has 0 atom stereocenters. The molecule has 0 radical (unpaired) electrons. The van der Waals surface area contributed by atoms with E-state index in [-0.39, 0.29) is 18.7 Å². The normalized spacial score (nSPS) is 9.47. The number of nitrogens with one attached hydrogen (secondary N) is 1. The molecule has 0 heterocycles. The van der Waals surface area contributed by atoms with Gasteiger partial charge in [-0.3, -0.25) is 4.79 Å². The molecule has 1 aromatic carbocycles. The molecule has 1 amide bonds. The van der Waals surface area contributed by atoms with E-state index in [4.69, 9.17) is 21.6 Å². The molecule has 5 heteroatoms. The lowest BCUT2D eigenvalue weighted by Gasteiger charge is -2.07. The second-order valence-corrected chi connectivity index (χ2v) is 3.81. The molecule has 1 N–H and O–H groups in total. The summed E-state index contributed by atoms with van der Waals surface area (Å²) in [6.45, 7) is 0.397. The first-order chi connectivity index (χ1) is 8.17. The van der Waals surface area contributed by atoms with Crippen molar-refractivity contribution in [3.05, 3.63) is 28.8 Å². The maximum absolute atomic E-state index is 11.3. The van der Waals surface area contributed by atoms with Crippen LogP contribution in [0.2, 0.25) is 5.02 Å². The lowest BCUT2D eigenvalue weighted by molar-refractivity contribution is -0.121. The van der Waals surface area contributed by atoms with Crippen LogP contribution in [0.25, 0.3) is 0 Å². The number of amides is 1. The molecule has 0 saturated heterocycles. The Morgan fingerprint density at radius 3 is 2.94 bits per heavy atom. The van der Waals surface area contributed by atoms with E-state index in [0.717, 1.165) is 5.56 Å². The fourth-order valence-corrected chi connectivity index (χ4v) is 1.56. The molecule has 1 rings (SSSR count). The van der Waals surface area contributed by atoms with Gasteiger partial charge in [-0.05, 0) is 17.7 Å². The summed E-state index contributed by atoms with van der Waals surface area (Å²) in [6, 6.07) is 7.24. The SMILES string of the molecule is COc1ccc(CNC(=O)CCC#N)cc1Cl. The van der Waals surface area contributed by atoms with Crippen LogP contribution >= 0.6 is 11.6 Å². The van der Waals surface area contributed by atoms with E-state index in [1.807, 2.05) is 12.1 Å². The van der Waals surface area contributed by atoms with Crippen LogP contribution < -0.4 is 10.1 Å². The summed E-state index contributed by atoms with van der Waals surface area (Å²) in [5.41, 5.74) is 0.890. The quantitative estimate of drug-likeness (QED) is 0.874. The predicted octanol–water partition coefficient (Wildman–Crippen LogP) is 2.27. The number of carbonyl (C=O) groups excluding carboxylic acids is 1. The Morgan fingerprint density at radius 2 is 2.35 bits per heavy atom. The van der Waals surface area contributed by atoms with Gasteiger partial charge in [0.1, 0.15) is 5.75 Å². The van der Waals surface area contributed by atoms with Crippen LogP contribution in [0, 0.1) is 11.3 Å². The first-order valence-electron chi connectivity index (χ1n) is 5.13. The minimum absolute atomic E-state index is 0.140. The molecular formula is C12H13ClN2O2. The van der Waals surface area contributed by atoms with E-state index in [2.05, 4.69) is 5.32 Å². The Labute approximate surface area is 105 Å². The van der Waals surface area contributed by atoms with Gasteiger partial charge in [-0.2, -0.15) is 5.26 Å². The monoisotopic (exact) mass is 252 g/mol. The van der Waals surface area contributed by atoms with Crippen LogP contribution in [0.3, 0.4) is 0 Å². The molecule has 0 aromatic heterocycles. The maximum atomic E-state index is 11.3. The van der Waals surface area contributed by atoms with Gasteiger partial charge < -0.3 is 10.1 Å². The van der Waals surface area contributed by atoms with Crippen molar-refractivity contribution >= 4 is 17.5 Å². The first kappa shape index (κ1) is 13.3. The minimum atomic E-state index is -0.140. The minimum Gasteiger partial charge on any atom is -0.495 e. The molecule has 1 aromatic rings. The van der Waals surface area contributed by atoms with Crippen molar-refractivity contribution in [1.82, 2.24) is 5.32 Å². The zero-order chi connectivity index (χ0) is 12.7. The summed E-state index contributed by atoms with van der Waals surface area (Å²) in [7, 11) is 1.55. The van der Waals surface area contributed by atoms with Gasteiger partial charge in [0.15, 0.2) is 0 Å². The molecule has 0 saturated carbocycles. The van der Waals surface area contributed by atoms with Crippen LogP contribution in [-0.4, -0.2) is 13.0 Å². The van der Waals surface area contributed by atoms with Gasteiger partial charge in [0.05, 0.1) is 18.2 Å². The van der Waals surface area contributed by atoms with Gasteiger partial charge in [0.2, 0.25) is 5.91 Å². The number of nitrogens with zero attached hydrogens (tertiary/aromatic N) is 1. The molecule has 4 nitrogen and oxygen atoms in total. The summed E-state index contributed by atoms with van der Waals surface area (Å²) in [4.78, 5) is 11.3. The van der Waals surface area contributed by atoms with Crippen LogP contribution in [0.4, 0.5) is 0 Å². The third-order valence-electron chi connectivity index (χ3n) is 2.17. The second-order valence-electron chi connectivity index (χ2n) is 3.40. The highest BCUT2D eigenvalue weighted by atomic mass is 35.5. The molecule has 17 heavy (non-hydrogen) atoms. The molecular weight excluding hydrogens is 240 g/mol. The van der Waals surface area contributed by atoms with Gasteiger partial charge in [0, 0.05) is 19.4 Å². The average molecular weight is 253 g/mol. The van der Waals surface area contributed by atoms with Crippen molar-refractivity contribution in [3.63, 3.8) is 0 Å². The number of ether oxygens (including phenoxy) is 1. The number of rotatable bonds is 5. The number of halogens is 1. The van der Waals surface area contributed by atoms with E-state index in [0.29, 0.717) is 17.3 Å². The van der Waals surface area contributed by atoms with Gasteiger partial charge in [-0.1, -0.05) is 17.7 Å². The molecule has 0 unspecified atom stereocenters. The molecule has 0 bridgehead atoms. The van der Waals surface area contributed by atoms with Gasteiger partial charge in [-0.25, -0.2) is 0 Å². The third kappa shape index (κ3) is 4.33. The number of hydrogen-bond acceptors (Lipinski definition) is 3. The number of carbonyl (C=O) groups is 1. The Balaban J connectivity index is 2.50. The molecule has 90 valence electrons.